The highest BCUT2D eigenvalue weighted by molar-refractivity contribution is 5.92. The van der Waals surface area contributed by atoms with Crippen molar-refractivity contribution < 1.29 is 4.79 Å². The molecule has 0 aliphatic heterocycles. The summed E-state index contributed by atoms with van der Waals surface area (Å²) in [6.45, 7) is 0. The number of rotatable bonds is 3. The van der Waals surface area contributed by atoms with Gasteiger partial charge in [-0.25, -0.2) is 10.4 Å². The standard InChI is InChI=1S/C11H9N5O/c17-11(10-8-12-5-6-14-10)16-15-7-9-3-1-2-4-13-9/h1-8H,(H,16,17)/b15-7+. The van der Waals surface area contributed by atoms with Crippen molar-refractivity contribution in [1.29, 1.82) is 0 Å². The van der Waals surface area contributed by atoms with Crippen molar-refractivity contribution in [2.75, 3.05) is 0 Å². The van der Waals surface area contributed by atoms with Crippen LogP contribution in [0.5, 0.6) is 0 Å². The van der Waals surface area contributed by atoms with E-state index >= 15 is 0 Å². The third-order valence-corrected chi connectivity index (χ3v) is 1.85. The molecule has 0 spiro atoms. The summed E-state index contributed by atoms with van der Waals surface area (Å²) in [5.41, 5.74) is 3.21. The summed E-state index contributed by atoms with van der Waals surface area (Å²) in [4.78, 5) is 23.1. The van der Waals surface area contributed by atoms with Gasteiger partial charge in [0.25, 0.3) is 5.91 Å². The number of hydrogen-bond donors (Lipinski definition) is 1. The maximum Gasteiger partial charge on any atom is 0.291 e. The van der Waals surface area contributed by atoms with Gasteiger partial charge in [-0.05, 0) is 12.1 Å². The van der Waals surface area contributed by atoms with Crippen LogP contribution in [0.2, 0.25) is 0 Å². The molecule has 0 unspecified atom stereocenters. The molecule has 2 aromatic heterocycles. The minimum atomic E-state index is -0.412. The van der Waals surface area contributed by atoms with Crippen molar-refractivity contribution in [3.05, 3.63) is 54.4 Å². The number of nitrogens with zero attached hydrogens (tertiary/aromatic N) is 4. The molecule has 0 atom stereocenters. The molecule has 0 aliphatic carbocycles. The molecule has 6 nitrogen and oxygen atoms in total. The highest BCUT2D eigenvalue weighted by Gasteiger charge is 2.03. The lowest BCUT2D eigenvalue weighted by atomic mass is 10.4. The van der Waals surface area contributed by atoms with Crippen LogP contribution < -0.4 is 5.43 Å². The Balaban J connectivity index is 1.95. The highest BCUT2D eigenvalue weighted by Crippen LogP contribution is 1.90. The van der Waals surface area contributed by atoms with Crippen molar-refractivity contribution in [1.82, 2.24) is 20.4 Å². The van der Waals surface area contributed by atoms with Crippen LogP contribution in [-0.4, -0.2) is 27.1 Å². The Morgan fingerprint density at radius 3 is 2.88 bits per heavy atom. The average Bonchev–Trinajstić information content (AvgIpc) is 2.41. The average molecular weight is 227 g/mol. The molecule has 0 saturated carbocycles. The van der Waals surface area contributed by atoms with Crippen LogP contribution >= 0.6 is 0 Å². The molecule has 0 bridgehead atoms. The number of carbonyl (C=O) groups excluding carboxylic acids is 1. The first-order valence-corrected chi connectivity index (χ1v) is 4.87. The Hall–Kier alpha value is -2.63. The van der Waals surface area contributed by atoms with Gasteiger partial charge in [-0.1, -0.05) is 6.07 Å². The van der Waals surface area contributed by atoms with Gasteiger partial charge in [0.1, 0.15) is 5.69 Å². The molecule has 1 amide bonds. The number of aromatic nitrogens is 3. The molecule has 84 valence electrons. The van der Waals surface area contributed by atoms with Gasteiger partial charge >= 0.3 is 0 Å². The molecule has 2 heterocycles. The molecule has 0 saturated heterocycles. The summed E-state index contributed by atoms with van der Waals surface area (Å²) in [6, 6.07) is 5.41. The van der Waals surface area contributed by atoms with E-state index in [0.717, 1.165) is 0 Å². The van der Waals surface area contributed by atoms with E-state index in [1.807, 2.05) is 6.07 Å². The van der Waals surface area contributed by atoms with E-state index in [2.05, 4.69) is 25.5 Å². The lowest BCUT2D eigenvalue weighted by Gasteiger charge is -1.96. The summed E-state index contributed by atoms with van der Waals surface area (Å²) >= 11 is 0. The number of nitrogens with one attached hydrogen (secondary N) is 1. The largest absolute Gasteiger partial charge is 0.291 e. The van der Waals surface area contributed by atoms with E-state index in [0.29, 0.717) is 5.69 Å². The molecule has 2 aromatic rings. The fourth-order valence-electron chi connectivity index (χ4n) is 1.08. The smallest absolute Gasteiger partial charge is 0.265 e. The summed E-state index contributed by atoms with van der Waals surface area (Å²) in [6.07, 6.45) is 7.40. The third-order valence-electron chi connectivity index (χ3n) is 1.85. The van der Waals surface area contributed by atoms with Crippen LogP contribution in [0.15, 0.2) is 48.1 Å². The van der Waals surface area contributed by atoms with Gasteiger partial charge < -0.3 is 0 Å². The Bertz CT molecular complexity index is 512. The van der Waals surface area contributed by atoms with Crippen molar-refractivity contribution in [3.63, 3.8) is 0 Å². The van der Waals surface area contributed by atoms with Crippen molar-refractivity contribution in [3.8, 4) is 0 Å². The van der Waals surface area contributed by atoms with E-state index in [-0.39, 0.29) is 5.69 Å². The van der Waals surface area contributed by atoms with Gasteiger partial charge in [0.15, 0.2) is 0 Å². The normalized spacial score (nSPS) is 10.4. The van der Waals surface area contributed by atoms with Crippen LogP contribution in [0.3, 0.4) is 0 Å². The van der Waals surface area contributed by atoms with Crippen molar-refractivity contribution >= 4 is 12.1 Å². The molecule has 17 heavy (non-hydrogen) atoms. The molecule has 6 heteroatoms. The number of hydrogen-bond acceptors (Lipinski definition) is 5. The topological polar surface area (TPSA) is 80.1 Å². The summed E-state index contributed by atoms with van der Waals surface area (Å²) in [7, 11) is 0. The number of carbonyl (C=O) groups is 1. The first kappa shape index (κ1) is 10.9. The molecule has 1 N–H and O–H groups in total. The summed E-state index contributed by atoms with van der Waals surface area (Å²) in [5.74, 6) is -0.412. The van der Waals surface area contributed by atoms with E-state index < -0.39 is 5.91 Å². The zero-order chi connectivity index (χ0) is 11.9. The van der Waals surface area contributed by atoms with Crippen molar-refractivity contribution in [2.24, 2.45) is 5.10 Å². The molecule has 0 aliphatic rings. The Labute approximate surface area is 97.5 Å². The van der Waals surface area contributed by atoms with Gasteiger partial charge in [-0.15, -0.1) is 0 Å². The zero-order valence-corrected chi connectivity index (χ0v) is 8.82. The summed E-state index contributed by atoms with van der Waals surface area (Å²) < 4.78 is 0. The highest BCUT2D eigenvalue weighted by atomic mass is 16.2. The van der Waals surface area contributed by atoms with E-state index in [4.69, 9.17) is 0 Å². The molecular formula is C11H9N5O. The second kappa shape index (κ2) is 5.45. The van der Waals surface area contributed by atoms with Gasteiger partial charge in [-0.3, -0.25) is 14.8 Å². The monoisotopic (exact) mass is 227 g/mol. The minimum Gasteiger partial charge on any atom is -0.265 e. The second-order valence-corrected chi connectivity index (χ2v) is 3.04. The maximum atomic E-state index is 11.5. The van der Waals surface area contributed by atoms with Gasteiger partial charge in [0.05, 0.1) is 18.1 Å². The lowest BCUT2D eigenvalue weighted by Crippen LogP contribution is -2.19. The predicted octanol–water partition coefficient (Wildman–Crippen LogP) is 0.635. The number of hydrazone groups is 1. The van der Waals surface area contributed by atoms with Gasteiger partial charge in [0.2, 0.25) is 0 Å². The molecule has 0 fully saturated rings. The van der Waals surface area contributed by atoms with Crippen LogP contribution in [0, 0.1) is 0 Å². The van der Waals surface area contributed by atoms with Crippen LogP contribution in [0.1, 0.15) is 16.2 Å². The second-order valence-electron chi connectivity index (χ2n) is 3.04. The fraction of sp³-hybridized carbons (Fsp3) is 0. The number of pyridine rings is 1. The Morgan fingerprint density at radius 1 is 1.24 bits per heavy atom. The number of amides is 1. The van der Waals surface area contributed by atoms with E-state index in [9.17, 15) is 4.79 Å². The fourth-order valence-corrected chi connectivity index (χ4v) is 1.08. The van der Waals surface area contributed by atoms with Gasteiger partial charge in [0, 0.05) is 18.6 Å². The molecular weight excluding hydrogens is 218 g/mol. The first-order valence-electron chi connectivity index (χ1n) is 4.87. The first-order chi connectivity index (χ1) is 8.36. The zero-order valence-electron chi connectivity index (χ0n) is 8.82. The SMILES string of the molecule is O=C(N/N=C/c1ccccn1)c1cnccn1. The predicted molar refractivity (Wildman–Crippen MR) is 61.3 cm³/mol. The van der Waals surface area contributed by atoms with Gasteiger partial charge in [-0.2, -0.15) is 5.10 Å². The maximum absolute atomic E-state index is 11.5. The van der Waals surface area contributed by atoms with Crippen molar-refractivity contribution in [2.45, 2.75) is 0 Å². The lowest BCUT2D eigenvalue weighted by molar-refractivity contribution is 0.0950. The van der Waals surface area contributed by atoms with Crippen LogP contribution in [0.25, 0.3) is 0 Å². The summed E-state index contributed by atoms with van der Waals surface area (Å²) in [5, 5.41) is 3.76. The Morgan fingerprint density at radius 2 is 2.18 bits per heavy atom. The van der Waals surface area contributed by atoms with E-state index in [1.165, 1.54) is 24.8 Å². The van der Waals surface area contributed by atoms with Crippen LogP contribution in [-0.2, 0) is 0 Å². The molecule has 2 rings (SSSR count). The quantitative estimate of drug-likeness (QED) is 0.616. The Kier molecular flexibility index (Phi) is 3.49. The van der Waals surface area contributed by atoms with Crippen LogP contribution in [0.4, 0.5) is 0 Å². The third kappa shape index (κ3) is 3.16. The molecule has 0 aromatic carbocycles. The molecule has 0 radical (unpaired) electrons. The minimum absolute atomic E-state index is 0.214. The van der Waals surface area contributed by atoms with E-state index in [1.54, 1.807) is 18.3 Å².